The summed E-state index contributed by atoms with van der Waals surface area (Å²) >= 11 is 0. The van der Waals surface area contributed by atoms with Gasteiger partial charge in [-0.3, -0.25) is 4.79 Å². The van der Waals surface area contributed by atoms with Crippen molar-refractivity contribution in [2.75, 3.05) is 13.7 Å². The van der Waals surface area contributed by atoms with Gasteiger partial charge in [0.2, 0.25) is 5.91 Å². The molecule has 5 rings (SSSR count). The van der Waals surface area contributed by atoms with Crippen LogP contribution in [-0.2, 0) is 17.8 Å². The monoisotopic (exact) mass is 322 g/mol. The lowest BCUT2D eigenvalue weighted by atomic mass is 9.91. The first-order valence-electron chi connectivity index (χ1n) is 8.87. The molecule has 124 valence electrons. The standard InChI is InChI=1S/C20H22N2O2/c1-24-14-4-5-18-16(10-14)17-11-22(7-6-19(17)21-18)20(23)15-9-12-2-3-13(15)8-12/h2-5,10,12-13,15,21H,6-9,11H2,1H3. The van der Waals surface area contributed by atoms with Crippen LogP contribution < -0.4 is 4.74 Å². The molecular weight excluding hydrogens is 300 g/mol. The van der Waals surface area contributed by atoms with E-state index in [9.17, 15) is 4.79 Å². The molecule has 0 radical (unpaired) electrons. The number of aromatic nitrogens is 1. The number of hydrogen-bond acceptors (Lipinski definition) is 2. The number of H-pyrrole nitrogens is 1. The fourth-order valence-corrected chi connectivity index (χ4v) is 4.81. The first-order valence-corrected chi connectivity index (χ1v) is 8.87. The highest BCUT2D eigenvalue weighted by atomic mass is 16.5. The number of benzene rings is 1. The lowest BCUT2D eigenvalue weighted by Gasteiger charge is -2.31. The Labute approximate surface area is 141 Å². The molecule has 4 heteroatoms. The Morgan fingerprint density at radius 3 is 2.96 bits per heavy atom. The molecule has 1 N–H and O–H groups in total. The van der Waals surface area contributed by atoms with E-state index in [-0.39, 0.29) is 5.92 Å². The van der Waals surface area contributed by atoms with Gasteiger partial charge in [0.05, 0.1) is 7.11 Å². The highest BCUT2D eigenvalue weighted by molar-refractivity contribution is 5.87. The molecule has 2 aromatic rings. The molecule has 1 aromatic carbocycles. The summed E-state index contributed by atoms with van der Waals surface area (Å²) in [6.07, 6.45) is 7.71. The van der Waals surface area contributed by atoms with E-state index < -0.39 is 0 Å². The number of nitrogens with zero attached hydrogens (tertiary/aromatic N) is 1. The number of fused-ring (bicyclic) bond motifs is 5. The topological polar surface area (TPSA) is 45.3 Å². The van der Waals surface area contributed by atoms with Crippen LogP contribution >= 0.6 is 0 Å². The summed E-state index contributed by atoms with van der Waals surface area (Å²) in [5.74, 6) is 2.55. The summed E-state index contributed by atoms with van der Waals surface area (Å²) in [7, 11) is 1.69. The van der Waals surface area contributed by atoms with Crippen LogP contribution in [0.1, 0.15) is 24.1 Å². The Morgan fingerprint density at radius 2 is 2.21 bits per heavy atom. The number of amides is 1. The Bertz CT molecular complexity index is 851. The van der Waals surface area contributed by atoms with E-state index in [0.29, 0.717) is 17.7 Å². The fraction of sp³-hybridized carbons (Fsp3) is 0.450. The van der Waals surface area contributed by atoms with Crippen LogP contribution in [0.3, 0.4) is 0 Å². The molecule has 2 bridgehead atoms. The molecule has 1 amide bonds. The molecule has 4 nitrogen and oxygen atoms in total. The quantitative estimate of drug-likeness (QED) is 0.863. The highest BCUT2D eigenvalue weighted by Crippen LogP contribution is 2.44. The number of aromatic amines is 1. The first-order chi connectivity index (χ1) is 11.7. The maximum atomic E-state index is 13.0. The SMILES string of the molecule is COc1ccc2[nH]c3c(c2c1)CN(C(=O)C1CC2C=CC1C2)CC3. The third-order valence-electron chi connectivity index (χ3n) is 6.09. The smallest absolute Gasteiger partial charge is 0.226 e. The van der Waals surface area contributed by atoms with Gasteiger partial charge in [-0.25, -0.2) is 0 Å². The minimum absolute atomic E-state index is 0.210. The summed E-state index contributed by atoms with van der Waals surface area (Å²) in [6.45, 7) is 1.55. The first kappa shape index (κ1) is 14.1. The summed E-state index contributed by atoms with van der Waals surface area (Å²) < 4.78 is 5.37. The summed E-state index contributed by atoms with van der Waals surface area (Å²) in [5.41, 5.74) is 3.68. The Kier molecular flexibility index (Phi) is 3.02. The molecule has 0 spiro atoms. The molecule has 3 aliphatic rings. The van der Waals surface area contributed by atoms with E-state index in [1.807, 2.05) is 6.07 Å². The minimum atomic E-state index is 0.210. The van der Waals surface area contributed by atoms with Crippen molar-refractivity contribution >= 4 is 16.8 Å². The van der Waals surface area contributed by atoms with Crippen molar-refractivity contribution in [3.63, 3.8) is 0 Å². The van der Waals surface area contributed by atoms with Gasteiger partial charge in [-0.1, -0.05) is 12.2 Å². The van der Waals surface area contributed by atoms with Crippen LogP contribution in [0.25, 0.3) is 10.9 Å². The van der Waals surface area contributed by atoms with E-state index in [1.165, 1.54) is 23.1 Å². The molecule has 2 heterocycles. The van der Waals surface area contributed by atoms with Crippen molar-refractivity contribution in [3.05, 3.63) is 41.6 Å². The van der Waals surface area contributed by atoms with E-state index in [2.05, 4.69) is 34.2 Å². The molecular formula is C20H22N2O2. The third kappa shape index (κ3) is 2.02. The molecule has 1 saturated carbocycles. The van der Waals surface area contributed by atoms with Gasteiger partial charge in [0, 0.05) is 47.6 Å². The number of carbonyl (C=O) groups excluding carboxylic acids is 1. The molecule has 1 fully saturated rings. The van der Waals surface area contributed by atoms with Crippen molar-refractivity contribution in [1.82, 2.24) is 9.88 Å². The molecule has 3 unspecified atom stereocenters. The summed E-state index contributed by atoms with van der Waals surface area (Å²) in [5, 5.41) is 1.19. The lowest BCUT2D eigenvalue weighted by molar-refractivity contribution is -0.137. The van der Waals surface area contributed by atoms with Crippen molar-refractivity contribution in [1.29, 1.82) is 0 Å². The van der Waals surface area contributed by atoms with Crippen molar-refractivity contribution < 1.29 is 9.53 Å². The number of nitrogens with one attached hydrogen (secondary N) is 1. The Balaban J connectivity index is 1.45. The van der Waals surface area contributed by atoms with Gasteiger partial charge in [0.1, 0.15) is 5.75 Å². The second-order valence-corrected chi connectivity index (χ2v) is 7.39. The molecule has 1 aliphatic heterocycles. The van der Waals surface area contributed by atoms with Crippen LogP contribution in [0.5, 0.6) is 5.75 Å². The Hall–Kier alpha value is -2.23. The van der Waals surface area contributed by atoms with E-state index in [1.54, 1.807) is 7.11 Å². The summed E-state index contributed by atoms with van der Waals surface area (Å²) in [6, 6.07) is 6.13. The van der Waals surface area contributed by atoms with Crippen molar-refractivity contribution in [2.45, 2.75) is 25.8 Å². The average molecular weight is 322 g/mol. The van der Waals surface area contributed by atoms with Gasteiger partial charge < -0.3 is 14.6 Å². The normalized spacial score (nSPS) is 27.7. The fourth-order valence-electron chi connectivity index (χ4n) is 4.81. The second kappa shape index (κ2) is 5.13. The van der Waals surface area contributed by atoms with Gasteiger partial charge in [-0.2, -0.15) is 0 Å². The zero-order valence-corrected chi connectivity index (χ0v) is 13.9. The zero-order valence-electron chi connectivity index (χ0n) is 13.9. The third-order valence-corrected chi connectivity index (χ3v) is 6.09. The molecule has 0 saturated heterocycles. The highest BCUT2D eigenvalue weighted by Gasteiger charge is 2.42. The molecule has 2 aliphatic carbocycles. The predicted octanol–water partition coefficient (Wildman–Crippen LogP) is 3.27. The van der Waals surface area contributed by atoms with Crippen LogP contribution in [0.4, 0.5) is 0 Å². The van der Waals surface area contributed by atoms with Crippen molar-refractivity contribution in [3.8, 4) is 5.75 Å². The van der Waals surface area contributed by atoms with Gasteiger partial charge in [0.15, 0.2) is 0 Å². The summed E-state index contributed by atoms with van der Waals surface area (Å²) in [4.78, 5) is 18.6. The second-order valence-electron chi connectivity index (χ2n) is 7.39. The van der Waals surface area contributed by atoms with Crippen LogP contribution in [-0.4, -0.2) is 29.4 Å². The predicted molar refractivity (Wildman–Crippen MR) is 92.8 cm³/mol. The lowest BCUT2D eigenvalue weighted by Crippen LogP contribution is -2.40. The number of ether oxygens (including phenoxy) is 1. The molecule has 24 heavy (non-hydrogen) atoms. The number of carbonyl (C=O) groups is 1. The van der Waals surface area contributed by atoms with E-state index in [0.717, 1.165) is 37.2 Å². The van der Waals surface area contributed by atoms with Gasteiger partial charge in [-0.15, -0.1) is 0 Å². The number of methoxy groups -OCH3 is 1. The molecule has 3 atom stereocenters. The van der Waals surface area contributed by atoms with Crippen LogP contribution in [0, 0.1) is 17.8 Å². The van der Waals surface area contributed by atoms with Gasteiger partial charge in [0.25, 0.3) is 0 Å². The van der Waals surface area contributed by atoms with E-state index >= 15 is 0 Å². The van der Waals surface area contributed by atoms with Gasteiger partial charge in [-0.05, 0) is 42.9 Å². The van der Waals surface area contributed by atoms with Crippen LogP contribution in [0.15, 0.2) is 30.4 Å². The maximum absolute atomic E-state index is 13.0. The van der Waals surface area contributed by atoms with Crippen LogP contribution in [0.2, 0.25) is 0 Å². The number of rotatable bonds is 2. The van der Waals surface area contributed by atoms with Gasteiger partial charge >= 0.3 is 0 Å². The number of hydrogen-bond donors (Lipinski definition) is 1. The molecule has 1 aromatic heterocycles. The van der Waals surface area contributed by atoms with E-state index in [4.69, 9.17) is 4.74 Å². The minimum Gasteiger partial charge on any atom is -0.497 e. The largest absolute Gasteiger partial charge is 0.497 e. The maximum Gasteiger partial charge on any atom is 0.226 e. The van der Waals surface area contributed by atoms with Crippen molar-refractivity contribution in [2.24, 2.45) is 17.8 Å². The average Bonchev–Trinajstić information content (AvgIpc) is 3.33. The Morgan fingerprint density at radius 1 is 1.29 bits per heavy atom. The number of allylic oxidation sites excluding steroid dienone is 2. The zero-order chi connectivity index (χ0) is 16.3.